The SMILES string of the molecule is CNC1(C(N)=O)CCC(Oc2ccc(C)cc2C)C1. The predicted octanol–water partition coefficient (Wildman–Crippen LogP) is 1.68. The third kappa shape index (κ3) is 2.73. The molecule has 4 heteroatoms. The van der Waals surface area contributed by atoms with Gasteiger partial charge in [-0.3, -0.25) is 4.79 Å². The van der Waals surface area contributed by atoms with E-state index >= 15 is 0 Å². The van der Waals surface area contributed by atoms with Crippen LogP contribution in [-0.4, -0.2) is 24.6 Å². The summed E-state index contributed by atoms with van der Waals surface area (Å²) in [4.78, 5) is 11.6. The maximum absolute atomic E-state index is 11.6. The highest BCUT2D eigenvalue weighted by Gasteiger charge is 2.43. The van der Waals surface area contributed by atoms with E-state index in [-0.39, 0.29) is 12.0 Å². The van der Waals surface area contributed by atoms with Crippen LogP contribution in [0.2, 0.25) is 0 Å². The fraction of sp³-hybridized carbons (Fsp3) is 0.533. The molecule has 1 aromatic rings. The van der Waals surface area contributed by atoms with Gasteiger partial charge in [0.2, 0.25) is 5.91 Å². The highest BCUT2D eigenvalue weighted by molar-refractivity contribution is 5.85. The number of benzene rings is 1. The molecule has 1 aromatic carbocycles. The van der Waals surface area contributed by atoms with Crippen molar-refractivity contribution in [1.82, 2.24) is 5.32 Å². The van der Waals surface area contributed by atoms with Crippen LogP contribution >= 0.6 is 0 Å². The average molecular weight is 262 g/mol. The van der Waals surface area contributed by atoms with E-state index in [0.29, 0.717) is 6.42 Å². The summed E-state index contributed by atoms with van der Waals surface area (Å²) >= 11 is 0. The van der Waals surface area contributed by atoms with E-state index in [1.807, 2.05) is 19.1 Å². The number of hydrogen-bond acceptors (Lipinski definition) is 3. The first-order chi connectivity index (χ1) is 8.97. The molecule has 0 spiro atoms. The fourth-order valence-electron chi connectivity index (χ4n) is 2.79. The summed E-state index contributed by atoms with van der Waals surface area (Å²) in [6.07, 6.45) is 2.25. The first kappa shape index (κ1) is 13.9. The average Bonchev–Trinajstić information content (AvgIpc) is 2.77. The number of aryl methyl sites for hydroxylation is 2. The van der Waals surface area contributed by atoms with Crippen LogP contribution in [0, 0.1) is 13.8 Å². The molecule has 0 radical (unpaired) electrons. The number of nitrogens with two attached hydrogens (primary N) is 1. The van der Waals surface area contributed by atoms with Crippen LogP contribution in [0.1, 0.15) is 30.4 Å². The standard InChI is InChI=1S/C15H22N2O2/c1-10-4-5-13(11(2)8-10)19-12-6-7-15(9-12,17-3)14(16)18/h4-5,8,12,17H,6-7,9H2,1-3H3,(H2,16,18). The normalized spacial score (nSPS) is 26.4. The Bertz CT molecular complexity index is 487. The van der Waals surface area contributed by atoms with Crippen molar-refractivity contribution in [2.24, 2.45) is 5.73 Å². The molecule has 2 unspecified atom stereocenters. The Hall–Kier alpha value is -1.55. The minimum Gasteiger partial charge on any atom is -0.490 e. The number of carbonyl (C=O) groups is 1. The first-order valence-corrected chi connectivity index (χ1v) is 6.69. The summed E-state index contributed by atoms with van der Waals surface area (Å²) in [7, 11) is 1.78. The molecule has 1 aliphatic rings. The molecule has 0 heterocycles. The second-order valence-electron chi connectivity index (χ2n) is 5.45. The number of nitrogens with one attached hydrogen (secondary N) is 1. The number of amides is 1. The Kier molecular flexibility index (Phi) is 3.80. The van der Waals surface area contributed by atoms with Gasteiger partial charge in [0.1, 0.15) is 17.4 Å². The van der Waals surface area contributed by atoms with Gasteiger partial charge in [-0.15, -0.1) is 0 Å². The molecule has 0 aliphatic heterocycles. The van der Waals surface area contributed by atoms with E-state index in [0.717, 1.165) is 24.2 Å². The van der Waals surface area contributed by atoms with Gasteiger partial charge in [-0.25, -0.2) is 0 Å². The number of primary amides is 1. The number of rotatable bonds is 4. The summed E-state index contributed by atoms with van der Waals surface area (Å²) < 4.78 is 6.02. The van der Waals surface area contributed by atoms with Crippen LogP contribution in [0.3, 0.4) is 0 Å². The van der Waals surface area contributed by atoms with Crippen LogP contribution < -0.4 is 15.8 Å². The Morgan fingerprint density at radius 3 is 2.74 bits per heavy atom. The Balaban J connectivity index is 2.08. The second-order valence-corrected chi connectivity index (χ2v) is 5.45. The highest BCUT2D eigenvalue weighted by atomic mass is 16.5. The molecule has 0 aromatic heterocycles. The summed E-state index contributed by atoms with van der Waals surface area (Å²) in [5, 5.41) is 3.06. The molecule has 0 saturated heterocycles. The monoisotopic (exact) mass is 262 g/mol. The van der Waals surface area contributed by atoms with Gasteiger partial charge in [0.25, 0.3) is 0 Å². The molecule has 1 fully saturated rings. The Labute approximate surface area is 114 Å². The molecule has 2 rings (SSSR count). The van der Waals surface area contributed by atoms with Crippen molar-refractivity contribution in [3.8, 4) is 5.75 Å². The van der Waals surface area contributed by atoms with Gasteiger partial charge in [-0.2, -0.15) is 0 Å². The number of likely N-dealkylation sites (N-methyl/N-ethyl adjacent to an activating group) is 1. The zero-order chi connectivity index (χ0) is 14.0. The van der Waals surface area contributed by atoms with Crippen molar-refractivity contribution in [3.63, 3.8) is 0 Å². The zero-order valence-corrected chi connectivity index (χ0v) is 11.8. The molecule has 1 aliphatic carbocycles. The molecule has 1 amide bonds. The van der Waals surface area contributed by atoms with Gasteiger partial charge < -0.3 is 15.8 Å². The van der Waals surface area contributed by atoms with E-state index in [1.165, 1.54) is 5.56 Å². The van der Waals surface area contributed by atoms with Crippen molar-refractivity contribution in [3.05, 3.63) is 29.3 Å². The number of ether oxygens (including phenoxy) is 1. The van der Waals surface area contributed by atoms with Crippen molar-refractivity contribution < 1.29 is 9.53 Å². The van der Waals surface area contributed by atoms with Gasteiger partial charge >= 0.3 is 0 Å². The molecule has 0 bridgehead atoms. The molecule has 104 valence electrons. The van der Waals surface area contributed by atoms with Crippen LogP contribution in [0.25, 0.3) is 0 Å². The van der Waals surface area contributed by atoms with Crippen LogP contribution in [0.4, 0.5) is 0 Å². The summed E-state index contributed by atoms with van der Waals surface area (Å²) in [6.45, 7) is 4.10. The Morgan fingerprint density at radius 1 is 1.47 bits per heavy atom. The smallest absolute Gasteiger partial charge is 0.237 e. The molecular formula is C15H22N2O2. The van der Waals surface area contributed by atoms with E-state index < -0.39 is 5.54 Å². The molecule has 4 nitrogen and oxygen atoms in total. The third-order valence-electron chi connectivity index (χ3n) is 4.04. The van der Waals surface area contributed by atoms with Gasteiger partial charge in [-0.1, -0.05) is 17.7 Å². The molecule has 2 atom stereocenters. The van der Waals surface area contributed by atoms with Gasteiger partial charge in [0.05, 0.1) is 0 Å². The summed E-state index contributed by atoms with van der Waals surface area (Å²) in [5.41, 5.74) is 7.23. The summed E-state index contributed by atoms with van der Waals surface area (Å²) in [5.74, 6) is 0.605. The van der Waals surface area contributed by atoms with Crippen LogP contribution in [0.5, 0.6) is 5.75 Å². The molecule has 19 heavy (non-hydrogen) atoms. The maximum atomic E-state index is 11.6. The van der Waals surface area contributed by atoms with Crippen LogP contribution in [-0.2, 0) is 4.79 Å². The van der Waals surface area contributed by atoms with Gasteiger partial charge in [0, 0.05) is 6.42 Å². The lowest BCUT2D eigenvalue weighted by Gasteiger charge is -2.25. The summed E-state index contributed by atoms with van der Waals surface area (Å²) in [6, 6.07) is 6.13. The van der Waals surface area contributed by atoms with Crippen molar-refractivity contribution in [1.29, 1.82) is 0 Å². The lowest BCUT2D eigenvalue weighted by molar-refractivity contribution is -0.124. The number of carbonyl (C=O) groups excluding carboxylic acids is 1. The molecule has 3 N–H and O–H groups in total. The topological polar surface area (TPSA) is 64.3 Å². The van der Waals surface area contributed by atoms with E-state index in [1.54, 1.807) is 7.05 Å². The third-order valence-corrected chi connectivity index (χ3v) is 4.04. The highest BCUT2D eigenvalue weighted by Crippen LogP contribution is 2.33. The van der Waals surface area contributed by atoms with E-state index in [4.69, 9.17) is 10.5 Å². The fourth-order valence-corrected chi connectivity index (χ4v) is 2.79. The zero-order valence-electron chi connectivity index (χ0n) is 11.8. The molecule has 1 saturated carbocycles. The van der Waals surface area contributed by atoms with Crippen LogP contribution in [0.15, 0.2) is 18.2 Å². The minimum atomic E-state index is -0.608. The lowest BCUT2D eigenvalue weighted by atomic mass is 9.97. The van der Waals surface area contributed by atoms with Crippen molar-refractivity contribution in [2.75, 3.05) is 7.05 Å². The largest absolute Gasteiger partial charge is 0.490 e. The molecular weight excluding hydrogens is 240 g/mol. The number of hydrogen-bond donors (Lipinski definition) is 2. The van der Waals surface area contributed by atoms with Crippen molar-refractivity contribution >= 4 is 5.91 Å². The first-order valence-electron chi connectivity index (χ1n) is 6.69. The lowest BCUT2D eigenvalue weighted by Crippen LogP contribution is -2.52. The maximum Gasteiger partial charge on any atom is 0.237 e. The van der Waals surface area contributed by atoms with Gasteiger partial charge in [0.15, 0.2) is 0 Å². The minimum absolute atomic E-state index is 0.0429. The van der Waals surface area contributed by atoms with E-state index in [9.17, 15) is 4.79 Å². The van der Waals surface area contributed by atoms with Gasteiger partial charge in [-0.05, 0) is 45.4 Å². The Morgan fingerprint density at radius 2 is 2.21 bits per heavy atom. The van der Waals surface area contributed by atoms with E-state index in [2.05, 4.69) is 18.3 Å². The quantitative estimate of drug-likeness (QED) is 0.867. The second kappa shape index (κ2) is 5.21. The predicted molar refractivity (Wildman–Crippen MR) is 75.2 cm³/mol. The van der Waals surface area contributed by atoms with Crippen molar-refractivity contribution in [2.45, 2.75) is 44.8 Å².